The van der Waals surface area contributed by atoms with E-state index >= 15 is 0 Å². The lowest BCUT2D eigenvalue weighted by molar-refractivity contribution is 0.299. The number of likely N-dealkylation sites (tertiary alicyclic amines) is 1. The van der Waals surface area contributed by atoms with Crippen LogP contribution in [0, 0.1) is 11.3 Å². The summed E-state index contributed by atoms with van der Waals surface area (Å²) in [6.07, 6.45) is 6.18. The van der Waals surface area contributed by atoms with E-state index in [0.29, 0.717) is 21.3 Å². The molecule has 2 atom stereocenters. The summed E-state index contributed by atoms with van der Waals surface area (Å²) in [7, 11) is 2.02. The highest BCUT2D eigenvalue weighted by atomic mass is 35.5. The van der Waals surface area contributed by atoms with Crippen molar-refractivity contribution < 1.29 is 0 Å². The first-order valence-electron chi connectivity index (χ1n) is 11.6. The zero-order chi connectivity index (χ0) is 23.3. The Balaban J connectivity index is 1.40. The predicted molar refractivity (Wildman–Crippen MR) is 142 cm³/mol. The monoisotopic (exact) mass is 494 g/mol. The number of nitrogens with one attached hydrogen (secondary N) is 1. The van der Waals surface area contributed by atoms with Crippen LogP contribution in [0.1, 0.15) is 52.0 Å². The van der Waals surface area contributed by atoms with Crippen molar-refractivity contribution in [2.75, 3.05) is 38.3 Å². The van der Waals surface area contributed by atoms with Crippen LogP contribution in [0.5, 0.6) is 0 Å². The van der Waals surface area contributed by atoms with Gasteiger partial charge in [0, 0.05) is 43.0 Å². The van der Waals surface area contributed by atoms with Gasteiger partial charge in [0.15, 0.2) is 0 Å². The van der Waals surface area contributed by atoms with Gasteiger partial charge >= 0.3 is 0 Å². The van der Waals surface area contributed by atoms with E-state index in [9.17, 15) is 0 Å². The minimum absolute atomic E-state index is 0.303. The van der Waals surface area contributed by atoms with E-state index in [1.807, 2.05) is 38.7 Å². The van der Waals surface area contributed by atoms with Gasteiger partial charge in [-0.3, -0.25) is 10.4 Å². The smallest absolute Gasteiger partial charge is 0.126 e. The van der Waals surface area contributed by atoms with Gasteiger partial charge in [-0.2, -0.15) is 0 Å². The largest absolute Gasteiger partial charge is 0.351 e. The number of allylic oxidation sites excluding steroid dienone is 1. The van der Waals surface area contributed by atoms with Gasteiger partial charge in [-0.15, -0.1) is 11.8 Å². The highest BCUT2D eigenvalue weighted by Gasteiger charge is 2.60. The minimum atomic E-state index is 0.303. The number of rotatable bonds is 11. The van der Waals surface area contributed by atoms with Crippen molar-refractivity contribution in [2.45, 2.75) is 51.9 Å². The van der Waals surface area contributed by atoms with E-state index in [2.05, 4.69) is 33.8 Å². The van der Waals surface area contributed by atoms with Crippen LogP contribution in [-0.4, -0.2) is 60.2 Å². The molecule has 2 fully saturated rings. The first-order valence-corrected chi connectivity index (χ1v) is 13.5. The van der Waals surface area contributed by atoms with Crippen molar-refractivity contribution in [1.82, 2.24) is 9.80 Å². The van der Waals surface area contributed by atoms with Crippen LogP contribution in [0.4, 0.5) is 0 Å². The number of likely N-dealkylation sites (N-methyl/N-ethyl adjacent to an activating group) is 1. The SMILES string of the molecule is CC=N/C(C)=C(\CCC)C(=N)N(C)CSCCCN1C[C@H]2C[C@@]2(c2ccc(Cl)c(Cl)c2)C1. The van der Waals surface area contributed by atoms with Crippen LogP contribution in [0.15, 0.2) is 34.5 Å². The molecule has 0 spiro atoms. The number of benzene rings is 1. The molecule has 0 aromatic heterocycles. The van der Waals surface area contributed by atoms with Crippen LogP contribution in [0.3, 0.4) is 0 Å². The first-order chi connectivity index (χ1) is 15.3. The van der Waals surface area contributed by atoms with Crippen molar-refractivity contribution in [2.24, 2.45) is 10.9 Å². The molecule has 7 heteroatoms. The Morgan fingerprint density at radius 1 is 1.38 bits per heavy atom. The number of hydrogen-bond acceptors (Lipinski definition) is 4. The standard InChI is InChI=1S/C25H36Cl2N4S/c1-5-8-21(18(3)29-6-2)24(28)30(4)17-32-12-7-11-31-15-20-14-25(20,16-31)19-9-10-22(26)23(27)13-19/h6,9-10,13,20,28H,5,7-8,11-12,14-17H2,1-4H3/b21-18+,28-24?,29-6?/t20-,25+/m1/s1. The molecule has 1 saturated carbocycles. The molecule has 0 unspecified atom stereocenters. The molecule has 1 aromatic carbocycles. The van der Waals surface area contributed by atoms with E-state index in [1.54, 1.807) is 6.21 Å². The lowest BCUT2D eigenvalue weighted by Crippen LogP contribution is -2.29. The summed E-state index contributed by atoms with van der Waals surface area (Å²) in [6, 6.07) is 6.17. The Morgan fingerprint density at radius 3 is 2.84 bits per heavy atom. The first kappa shape index (κ1) is 25.6. The fraction of sp³-hybridized carbons (Fsp3) is 0.600. The quantitative estimate of drug-likeness (QED) is 0.160. The van der Waals surface area contributed by atoms with E-state index in [1.165, 1.54) is 24.9 Å². The van der Waals surface area contributed by atoms with Gasteiger partial charge in [-0.1, -0.05) is 42.6 Å². The second kappa shape index (κ2) is 11.4. The molecule has 0 bridgehead atoms. The molecule has 4 nitrogen and oxygen atoms in total. The molecule has 1 saturated heterocycles. The van der Waals surface area contributed by atoms with E-state index in [4.69, 9.17) is 28.6 Å². The number of piperidine rings is 1. The zero-order valence-corrected chi connectivity index (χ0v) is 22.1. The highest BCUT2D eigenvalue weighted by molar-refractivity contribution is 7.99. The topological polar surface area (TPSA) is 42.7 Å². The van der Waals surface area contributed by atoms with Crippen molar-refractivity contribution in [3.8, 4) is 0 Å². The third kappa shape index (κ3) is 5.91. The van der Waals surface area contributed by atoms with Crippen molar-refractivity contribution in [1.29, 1.82) is 5.41 Å². The fourth-order valence-electron chi connectivity index (χ4n) is 4.89. The van der Waals surface area contributed by atoms with Crippen molar-refractivity contribution in [3.05, 3.63) is 45.1 Å². The summed E-state index contributed by atoms with van der Waals surface area (Å²) in [5, 5.41) is 9.90. The molecule has 176 valence electrons. The molecule has 0 amide bonds. The summed E-state index contributed by atoms with van der Waals surface area (Å²) in [5.74, 6) is 3.31. The van der Waals surface area contributed by atoms with Crippen LogP contribution < -0.4 is 0 Å². The summed E-state index contributed by atoms with van der Waals surface area (Å²) >= 11 is 14.3. The number of aliphatic imine (C=N–C) groups is 1. The number of nitrogens with zero attached hydrogens (tertiary/aromatic N) is 3. The van der Waals surface area contributed by atoms with E-state index in [0.717, 1.165) is 54.7 Å². The summed E-state index contributed by atoms with van der Waals surface area (Å²) in [6.45, 7) is 9.54. The van der Waals surface area contributed by atoms with E-state index < -0.39 is 0 Å². The predicted octanol–water partition coefficient (Wildman–Crippen LogP) is 6.72. The number of hydrogen-bond donors (Lipinski definition) is 1. The van der Waals surface area contributed by atoms with Crippen LogP contribution >= 0.6 is 35.0 Å². The molecule has 32 heavy (non-hydrogen) atoms. The molecule has 1 heterocycles. The van der Waals surface area contributed by atoms with Crippen LogP contribution in [0.25, 0.3) is 0 Å². The van der Waals surface area contributed by atoms with Crippen molar-refractivity contribution in [3.63, 3.8) is 0 Å². The summed E-state index contributed by atoms with van der Waals surface area (Å²) < 4.78 is 0. The van der Waals surface area contributed by atoms with Gasteiger partial charge in [0.1, 0.15) is 5.84 Å². The second-order valence-electron chi connectivity index (χ2n) is 9.06. The number of halogens is 2. The second-order valence-corrected chi connectivity index (χ2v) is 10.9. The summed E-state index contributed by atoms with van der Waals surface area (Å²) in [4.78, 5) is 9.07. The summed E-state index contributed by atoms with van der Waals surface area (Å²) in [5.41, 5.74) is 3.67. The van der Waals surface area contributed by atoms with Gasteiger partial charge in [-0.05, 0) is 69.0 Å². The van der Waals surface area contributed by atoms with Gasteiger partial charge in [-0.25, -0.2) is 0 Å². The molecule has 0 radical (unpaired) electrons. The maximum absolute atomic E-state index is 8.59. The Morgan fingerprint density at radius 2 is 2.16 bits per heavy atom. The number of thioether (sulfide) groups is 1. The molecular formula is C25H36Cl2N4S. The third-order valence-corrected chi connectivity index (χ3v) is 8.57. The molecule has 3 rings (SSSR count). The van der Waals surface area contributed by atoms with Gasteiger partial charge in [0.05, 0.1) is 15.9 Å². The molecule has 1 N–H and O–H groups in total. The van der Waals surface area contributed by atoms with Gasteiger partial charge in [0.25, 0.3) is 0 Å². The van der Waals surface area contributed by atoms with Crippen molar-refractivity contribution >= 4 is 47.0 Å². The number of fused-ring (bicyclic) bond motifs is 1. The zero-order valence-electron chi connectivity index (χ0n) is 19.8. The maximum atomic E-state index is 8.59. The molecule has 1 aliphatic carbocycles. The van der Waals surface area contributed by atoms with Crippen LogP contribution in [-0.2, 0) is 5.41 Å². The Bertz CT molecular complexity index is 885. The normalized spacial score (nSPS) is 23.4. The average Bonchev–Trinajstić information content (AvgIpc) is 3.34. The lowest BCUT2D eigenvalue weighted by Gasteiger charge is -2.23. The molecular weight excluding hydrogens is 459 g/mol. The molecule has 1 aromatic rings. The Kier molecular flexibility index (Phi) is 9.14. The lowest BCUT2D eigenvalue weighted by atomic mass is 9.95. The molecule has 2 aliphatic rings. The third-order valence-electron chi connectivity index (χ3n) is 6.69. The number of amidine groups is 1. The highest BCUT2D eigenvalue weighted by Crippen LogP contribution is 2.59. The maximum Gasteiger partial charge on any atom is 0.126 e. The van der Waals surface area contributed by atoms with Crippen LogP contribution in [0.2, 0.25) is 10.0 Å². The minimum Gasteiger partial charge on any atom is -0.351 e. The average molecular weight is 496 g/mol. The van der Waals surface area contributed by atoms with E-state index in [-0.39, 0.29) is 0 Å². The Labute approximate surface area is 207 Å². The molecule has 1 aliphatic heterocycles. The fourth-order valence-corrected chi connectivity index (χ4v) is 6.05. The Hall–Kier alpha value is -1.01. The van der Waals surface area contributed by atoms with Gasteiger partial charge < -0.3 is 9.80 Å². The van der Waals surface area contributed by atoms with Gasteiger partial charge in [0.2, 0.25) is 0 Å².